The number of aromatic nitrogens is 2. The second kappa shape index (κ2) is 8.78. The molecule has 0 unspecified atom stereocenters. The van der Waals surface area contributed by atoms with Crippen LogP contribution in [0.5, 0.6) is 0 Å². The molecule has 4 heteroatoms. The van der Waals surface area contributed by atoms with Crippen molar-refractivity contribution < 1.29 is 9.53 Å². The molecular weight excluding hydrogens is 372 g/mol. The Balaban J connectivity index is 1.56. The van der Waals surface area contributed by atoms with E-state index in [-0.39, 0.29) is 5.97 Å². The van der Waals surface area contributed by atoms with Gasteiger partial charge < -0.3 is 9.30 Å². The molecule has 0 radical (unpaired) electrons. The first-order valence-electron chi connectivity index (χ1n) is 10.1. The SMILES string of the molecule is CCOC(=O)c1ccc2nc(C)n(Cc3ccc(C=Cc4ccccc4)cc3)c2c1. The van der Waals surface area contributed by atoms with Crippen molar-refractivity contribution in [3.05, 3.63) is 101 Å². The highest BCUT2D eigenvalue weighted by molar-refractivity contribution is 5.93. The van der Waals surface area contributed by atoms with Gasteiger partial charge in [0, 0.05) is 6.54 Å². The fourth-order valence-electron chi connectivity index (χ4n) is 3.46. The summed E-state index contributed by atoms with van der Waals surface area (Å²) in [7, 11) is 0. The minimum absolute atomic E-state index is 0.306. The van der Waals surface area contributed by atoms with Crippen molar-refractivity contribution in [2.75, 3.05) is 6.61 Å². The normalized spacial score (nSPS) is 11.3. The Morgan fingerprint density at radius 3 is 2.37 bits per heavy atom. The summed E-state index contributed by atoms with van der Waals surface area (Å²) in [5.41, 5.74) is 5.87. The molecule has 0 aliphatic heterocycles. The topological polar surface area (TPSA) is 44.1 Å². The van der Waals surface area contributed by atoms with Crippen molar-refractivity contribution in [2.45, 2.75) is 20.4 Å². The highest BCUT2D eigenvalue weighted by Crippen LogP contribution is 2.20. The third-order valence-corrected chi connectivity index (χ3v) is 5.04. The summed E-state index contributed by atoms with van der Waals surface area (Å²) in [5, 5.41) is 0. The van der Waals surface area contributed by atoms with Crippen molar-refractivity contribution in [1.82, 2.24) is 9.55 Å². The molecule has 0 aliphatic rings. The Morgan fingerprint density at radius 2 is 1.67 bits per heavy atom. The fourth-order valence-corrected chi connectivity index (χ4v) is 3.46. The van der Waals surface area contributed by atoms with E-state index in [1.54, 1.807) is 6.07 Å². The molecule has 0 N–H and O–H groups in total. The third kappa shape index (κ3) is 4.33. The van der Waals surface area contributed by atoms with Crippen LogP contribution in [0.3, 0.4) is 0 Å². The van der Waals surface area contributed by atoms with Crippen LogP contribution in [-0.2, 0) is 11.3 Å². The average Bonchev–Trinajstić information content (AvgIpc) is 3.08. The summed E-state index contributed by atoms with van der Waals surface area (Å²) >= 11 is 0. The van der Waals surface area contributed by atoms with Crippen molar-refractivity contribution in [1.29, 1.82) is 0 Å². The average molecular weight is 396 g/mol. The number of aryl methyl sites for hydroxylation is 1. The van der Waals surface area contributed by atoms with Crippen LogP contribution in [-0.4, -0.2) is 22.1 Å². The summed E-state index contributed by atoms with van der Waals surface area (Å²) in [6, 6.07) is 24.3. The van der Waals surface area contributed by atoms with Crippen LogP contribution in [0.25, 0.3) is 23.2 Å². The van der Waals surface area contributed by atoms with Gasteiger partial charge in [-0.25, -0.2) is 9.78 Å². The molecule has 0 bridgehead atoms. The molecule has 3 aromatic carbocycles. The first-order valence-corrected chi connectivity index (χ1v) is 10.1. The molecule has 0 amide bonds. The third-order valence-electron chi connectivity index (χ3n) is 5.04. The summed E-state index contributed by atoms with van der Waals surface area (Å²) < 4.78 is 7.27. The Kier molecular flexibility index (Phi) is 5.75. The van der Waals surface area contributed by atoms with Crippen LogP contribution in [0.1, 0.15) is 39.8 Å². The van der Waals surface area contributed by atoms with Crippen LogP contribution in [0, 0.1) is 6.92 Å². The summed E-state index contributed by atoms with van der Waals surface area (Å²) in [6.07, 6.45) is 4.22. The quantitative estimate of drug-likeness (QED) is 0.308. The highest BCUT2D eigenvalue weighted by Gasteiger charge is 2.12. The summed E-state index contributed by atoms with van der Waals surface area (Å²) in [5.74, 6) is 0.610. The molecule has 0 fully saturated rings. The zero-order chi connectivity index (χ0) is 20.9. The van der Waals surface area contributed by atoms with Crippen LogP contribution in [0.2, 0.25) is 0 Å². The van der Waals surface area contributed by atoms with Crippen LogP contribution >= 0.6 is 0 Å². The molecule has 4 nitrogen and oxygen atoms in total. The number of esters is 1. The zero-order valence-electron chi connectivity index (χ0n) is 17.2. The van der Waals surface area contributed by atoms with Gasteiger partial charge in [0.25, 0.3) is 0 Å². The van der Waals surface area contributed by atoms with Gasteiger partial charge >= 0.3 is 5.97 Å². The maximum Gasteiger partial charge on any atom is 0.338 e. The number of carbonyl (C=O) groups excluding carboxylic acids is 1. The van der Waals surface area contributed by atoms with E-state index in [1.807, 2.05) is 44.2 Å². The van der Waals surface area contributed by atoms with Crippen LogP contribution in [0.4, 0.5) is 0 Å². The smallest absolute Gasteiger partial charge is 0.338 e. The van der Waals surface area contributed by atoms with E-state index in [2.05, 4.69) is 58.1 Å². The van der Waals surface area contributed by atoms with Gasteiger partial charge in [-0.05, 0) is 48.7 Å². The molecule has 1 aromatic heterocycles. The molecule has 0 atom stereocenters. The largest absolute Gasteiger partial charge is 0.462 e. The number of carbonyl (C=O) groups is 1. The fraction of sp³-hybridized carbons (Fsp3) is 0.154. The van der Waals surface area contributed by atoms with Crippen molar-refractivity contribution in [3.8, 4) is 0 Å². The lowest BCUT2D eigenvalue weighted by Crippen LogP contribution is -2.06. The van der Waals surface area contributed by atoms with E-state index < -0.39 is 0 Å². The maximum absolute atomic E-state index is 12.1. The Morgan fingerprint density at radius 1 is 0.967 bits per heavy atom. The predicted molar refractivity (Wildman–Crippen MR) is 121 cm³/mol. The van der Waals surface area contributed by atoms with E-state index in [9.17, 15) is 4.79 Å². The van der Waals surface area contributed by atoms with Gasteiger partial charge in [-0.2, -0.15) is 0 Å². The Labute approximate surface area is 176 Å². The lowest BCUT2D eigenvalue weighted by Gasteiger charge is -2.08. The first-order chi connectivity index (χ1) is 14.6. The molecule has 0 aliphatic carbocycles. The van der Waals surface area contributed by atoms with Crippen molar-refractivity contribution in [2.24, 2.45) is 0 Å². The lowest BCUT2D eigenvalue weighted by atomic mass is 10.1. The molecule has 4 rings (SSSR count). The summed E-state index contributed by atoms with van der Waals surface area (Å²) in [6.45, 7) is 4.85. The summed E-state index contributed by atoms with van der Waals surface area (Å²) in [4.78, 5) is 16.7. The minimum Gasteiger partial charge on any atom is -0.462 e. The molecule has 0 spiro atoms. The first kappa shape index (κ1) is 19.6. The number of benzene rings is 3. The lowest BCUT2D eigenvalue weighted by molar-refractivity contribution is 0.0526. The zero-order valence-corrected chi connectivity index (χ0v) is 17.2. The van der Waals surface area contributed by atoms with E-state index in [0.717, 1.165) is 22.4 Å². The van der Waals surface area contributed by atoms with Gasteiger partial charge in [-0.3, -0.25) is 0 Å². The number of imidazole rings is 1. The van der Waals surface area contributed by atoms with E-state index in [0.29, 0.717) is 18.7 Å². The van der Waals surface area contributed by atoms with Gasteiger partial charge in [-0.1, -0.05) is 66.7 Å². The number of hydrogen-bond acceptors (Lipinski definition) is 3. The van der Waals surface area contributed by atoms with Gasteiger partial charge in [0.15, 0.2) is 0 Å². The molecule has 1 heterocycles. The second-order valence-electron chi connectivity index (χ2n) is 7.15. The molecule has 150 valence electrons. The highest BCUT2D eigenvalue weighted by atomic mass is 16.5. The standard InChI is InChI=1S/C26H24N2O2/c1-3-30-26(29)23-15-16-24-25(17-23)28(19(2)27-24)18-22-13-11-21(12-14-22)10-9-20-7-5-4-6-8-20/h4-17H,3,18H2,1-2H3. The molecule has 30 heavy (non-hydrogen) atoms. The van der Waals surface area contributed by atoms with Crippen molar-refractivity contribution >= 4 is 29.2 Å². The predicted octanol–water partition coefficient (Wildman–Crippen LogP) is 5.74. The molecule has 4 aromatic rings. The Bertz CT molecular complexity index is 1190. The molecular formula is C26H24N2O2. The maximum atomic E-state index is 12.1. The van der Waals surface area contributed by atoms with Gasteiger partial charge in [0.05, 0.1) is 23.2 Å². The minimum atomic E-state index is -0.306. The van der Waals surface area contributed by atoms with Gasteiger partial charge in [0.2, 0.25) is 0 Å². The van der Waals surface area contributed by atoms with E-state index in [1.165, 1.54) is 11.1 Å². The van der Waals surface area contributed by atoms with E-state index >= 15 is 0 Å². The number of rotatable bonds is 6. The van der Waals surface area contributed by atoms with Crippen molar-refractivity contribution in [3.63, 3.8) is 0 Å². The molecule has 0 saturated carbocycles. The number of ether oxygens (including phenoxy) is 1. The number of hydrogen-bond donors (Lipinski definition) is 0. The monoisotopic (exact) mass is 396 g/mol. The Hall–Kier alpha value is -3.66. The van der Waals surface area contributed by atoms with Crippen LogP contribution < -0.4 is 0 Å². The van der Waals surface area contributed by atoms with Crippen LogP contribution in [0.15, 0.2) is 72.8 Å². The number of fused-ring (bicyclic) bond motifs is 1. The van der Waals surface area contributed by atoms with Gasteiger partial charge in [-0.15, -0.1) is 0 Å². The van der Waals surface area contributed by atoms with Gasteiger partial charge in [0.1, 0.15) is 5.82 Å². The number of nitrogens with zero attached hydrogens (tertiary/aromatic N) is 2. The van der Waals surface area contributed by atoms with E-state index in [4.69, 9.17) is 4.74 Å². The second-order valence-corrected chi connectivity index (χ2v) is 7.15. The molecule has 0 saturated heterocycles.